The highest BCUT2D eigenvalue weighted by molar-refractivity contribution is 7.12. The molecule has 0 aliphatic rings. The number of aromatic nitrogens is 1. The lowest BCUT2D eigenvalue weighted by Crippen LogP contribution is -2.03. The molecular weight excluding hydrogens is 206 g/mol. The van der Waals surface area contributed by atoms with Gasteiger partial charge in [0.2, 0.25) is 5.78 Å². The molecule has 2 heterocycles. The summed E-state index contributed by atoms with van der Waals surface area (Å²) in [6.07, 6.45) is 0. The number of aryl methyl sites for hydroxylation is 2. The second-order valence-electron chi connectivity index (χ2n) is 3.43. The molecule has 2 nitrogen and oxygen atoms in total. The normalized spacial score (nSPS) is 10.3. The van der Waals surface area contributed by atoms with E-state index in [0.29, 0.717) is 5.69 Å². The molecule has 3 heteroatoms. The van der Waals surface area contributed by atoms with Crippen LogP contribution < -0.4 is 0 Å². The third-order valence-electron chi connectivity index (χ3n) is 2.19. The molecule has 0 saturated carbocycles. The Balaban J connectivity index is 2.41. The maximum Gasteiger partial charge on any atom is 0.221 e. The summed E-state index contributed by atoms with van der Waals surface area (Å²) in [5.41, 5.74) is 2.42. The largest absolute Gasteiger partial charge is 0.286 e. The van der Waals surface area contributed by atoms with Crippen LogP contribution in [0, 0.1) is 13.8 Å². The standard InChI is InChI=1S/C12H11NOS/c1-8-6-7-15-12(8)11(14)10-5-3-4-9(2)13-10/h3-7H,1-2H3. The van der Waals surface area contributed by atoms with Gasteiger partial charge in [0.15, 0.2) is 0 Å². The molecule has 76 valence electrons. The van der Waals surface area contributed by atoms with Gasteiger partial charge in [0, 0.05) is 5.69 Å². The topological polar surface area (TPSA) is 30.0 Å². The number of hydrogen-bond acceptors (Lipinski definition) is 3. The van der Waals surface area contributed by atoms with E-state index in [1.54, 1.807) is 6.07 Å². The predicted molar refractivity (Wildman–Crippen MR) is 61.5 cm³/mol. The zero-order chi connectivity index (χ0) is 10.8. The minimum absolute atomic E-state index is 0.0196. The van der Waals surface area contributed by atoms with Crippen LogP contribution in [0.2, 0.25) is 0 Å². The van der Waals surface area contributed by atoms with Gasteiger partial charge >= 0.3 is 0 Å². The molecule has 0 atom stereocenters. The Labute approximate surface area is 92.6 Å². The molecule has 2 aromatic heterocycles. The summed E-state index contributed by atoms with van der Waals surface area (Å²) in [6, 6.07) is 7.46. The van der Waals surface area contributed by atoms with Gasteiger partial charge < -0.3 is 0 Å². The van der Waals surface area contributed by atoms with Crippen LogP contribution in [0.25, 0.3) is 0 Å². The fraction of sp³-hybridized carbons (Fsp3) is 0.167. The van der Waals surface area contributed by atoms with Crippen molar-refractivity contribution in [3.8, 4) is 0 Å². The van der Waals surface area contributed by atoms with E-state index in [1.165, 1.54) is 11.3 Å². The van der Waals surface area contributed by atoms with Crippen LogP contribution in [0.5, 0.6) is 0 Å². The number of hydrogen-bond donors (Lipinski definition) is 0. The second-order valence-corrected chi connectivity index (χ2v) is 4.34. The van der Waals surface area contributed by atoms with Crippen LogP contribution in [0.3, 0.4) is 0 Å². The first kappa shape index (κ1) is 10.1. The van der Waals surface area contributed by atoms with Crippen LogP contribution in [-0.2, 0) is 0 Å². The van der Waals surface area contributed by atoms with Crippen molar-refractivity contribution in [2.75, 3.05) is 0 Å². The zero-order valence-electron chi connectivity index (χ0n) is 8.65. The van der Waals surface area contributed by atoms with Gasteiger partial charge in [-0.25, -0.2) is 4.98 Å². The van der Waals surface area contributed by atoms with Crippen molar-refractivity contribution in [3.63, 3.8) is 0 Å². The number of rotatable bonds is 2. The number of carbonyl (C=O) groups excluding carboxylic acids is 1. The van der Waals surface area contributed by atoms with Crippen LogP contribution >= 0.6 is 11.3 Å². The lowest BCUT2D eigenvalue weighted by Gasteiger charge is -1.99. The summed E-state index contributed by atoms with van der Waals surface area (Å²) >= 11 is 1.47. The first-order valence-electron chi connectivity index (χ1n) is 4.71. The van der Waals surface area contributed by atoms with E-state index in [4.69, 9.17) is 0 Å². The van der Waals surface area contributed by atoms with Gasteiger partial charge in [-0.3, -0.25) is 4.79 Å². The maximum atomic E-state index is 12.0. The van der Waals surface area contributed by atoms with E-state index < -0.39 is 0 Å². The Kier molecular flexibility index (Phi) is 2.64. The number of ketones is 1. The van der Waals surface area contributed by atoms with Crippen LogP contribution in [0.4, 0.5) is 0 Å². The van der Waals surface area contributed by atoms with Crippen molar-refractivity contribution < 1.29 is 4.79 Å². The molecule has 0 amide bonds. The molecular formula is C12H11NOS. The van der Waals surface area contributed by atoms with Gasteiger partial charge in [-0.1, -0.05) is 6.07 Å². The molecule has 2 aromatic rings. The highest BCUT2D eigenvalue weighted by Gasteiger charge is 2.13. The minimum Gasteiger partial charge on any atom is -0.286 e. The van der Waals surface area contributed by atoms with E-state index >= 15 is 0 Å². The quantitative estimate of drug-likeness (QED) is 0.724. The Morgan fingerprint density at radius 2 is 2.07 bits per heavy atom. The number of thiophene rings is 1. The minimum atomic E-state index is 0.0196. The van der Waals surface area contributed by atoms with Crippen molar-refractivity contribution >= 4 is 17.1 Å². The molecule has 0 unspecified atom stereocenters. The molecule has 0 bridgehead atoms. The summed E-state index contributed by atoms with van der Waals surface area (Å²) < 4.78 is 0. The smallest absolute Gasteiger partial charge is 0.221 e. The van der Waals surface area contributed by atoms with Gasteiger partial charge in [0.1, 0.15) is 5.69 Å². The fourth-order valence-corrected chi connectivity index (χ4v) is 2.26. The van der Waals surface area contributed by atoms with Crippen LogP contribution in [0.1, 0.15) is 26.6 Å². The zero-order valence-corrected chi connectivity index (χ0v) is 9.47. The monoisotopic (exact) mass is 217 g/mol. The van der Waals surface area contributed by atoms with Gasteiger partial charge in [-0.15, -0.1) is 11.3 Å². The van der Waals surface area contributed by atoms with E-state index in [1.807, 2.05) is 37.4 Å². The average Bonchev–Trinajstić information content (AvgIpc) is 2.63. The van der Waals surface area contributed by atoms with Crippen LogP contribution in [0.15, 0.2) is 29.6 Å². The van der Waals surface area contributed by atoms with Crippen LogP contribution in [-0.4, -0.2) is 10.8 Å². The van der Waals surface area contributed by atoms with Crippen molar-refractivity contribution in [2.45, 2.75) is 13.8 Å². The predicted octanol–water partition coefficient (Wildman–Crippen LogP) is 2.99. The lowest BCUT2D eigenvalue weighted by atomic mass is 10.1. The summed E-state index contributed by atoms with van der Waals surface area (Å²) in [5, 5.41) is 1.93. The summed E-state index contributed by atoms with van der Waals surface area (Å²) in [4.78, 5) is 17.0. The van der Waals surface area contributed by atoms with Crippen molar-refractivity contribution in [1.82, 2.24) is 4.98 Å². The van der Waals surface area contributed by atoms with Gasteiger partial charge in [-0.2, -0.15) is 0 Å². The molecule has 2 rings (SSSR count). The molecule has 0 fully saturated rings. The Hall–Kier alpha value is -1.48. The molecule has 0 radical (unpaired) electrons. The third-order valence-corrected chi connectivity index (χ3v) is 3.20. The third kappa shape index (κ3) is 1.97. The molecule has 15 heavy (non-hydrogen) atoms. The Bertz CT molecular complexity index is 502. The van der Waals surface area contributed by atoms with Crippen molar-refractivity contribution in [3.05, 3.63) is 51.5 Å². The Morgan fingerprint density at radius 3 is 2.67 bits per heavy atom. The molecule has 0 N–H and O–H groups in total. The Morgan fingerprint density at radius 1 is 1.27 bits per heavy atom. The first-order valence-corrected chi connectivity index (χ1v) is 5.59. The average molecular weight is 217 g/mol. The highest BCUT2D eigenvalue weighted by atomic mass is 32.1. The summed E-state index contributed by atoms with van der Waals surface area (Å²) in [7, 11) is 0. The van der Waals surface area contributed by atoms with Gasteiger partial charge in [-0.05, 0) is 43.0 Å². The molecule has 0 saturated heterocycles. The molecule has 0 aliphatic heterocycles. The number of nitrogens with zero attached hydrogens (tertiary/aromatic N) is 1. The molecule has 0 spiro atoms. The highest BCUT2D eigenvalue weighted by Crippen LogP contribution is 2.19. The lowest BCUT2D eigenvalue weighted by molar-refractivity contribution is 0.103. The SMILES string of the molecule is Cc1cccc(C(=O)c2sccc2C)n1. The first-order chi connectivity index (χ1) is 7.18. The van der Waals surface area contributed by atoms with E-state index in [2.05, 4.69) is 4.98 Å². The van der Waals surface area contributed by atoms with Gasteiger partial charge in [0.25, 0.3) is 0 Å². The molecule has 0 aromatic carbocycles. The van der Waals surface area contributed by atoms with Crippen molar-refractivity contribution in [2.24, 2.45) is 0 Å². The van der Waals surface area contributed by atoms with E-state index in [9.17, 15) is 4.79 Å². The summed E-state index contributed by atoms with van der Waals surface area (Å²) in [5.74, 6) is 0.0196. The van der Waals surface area contributed by atoms with Gasteiger partial charge in [0.05, 0.1) is 4.88 Å². The second kappa shape index (κ2) is 3.95. The van der Waals surface area contributed by atoms with Crippen molar-refractivity contribution in [1.29, 1.82) is 0 Å². The number of pyridine rings is 1. The van der Waals surface area contributed by atoms with E-state index in [-0.39, 0.29) is 5.78 Å². The fourth-order valence-electron chi connectivity index (χ4n) is 1.39. The number of carbonyl (C=O) groups is 1. The molecule has 0 aliphatic carbocycles. The maximum absolute atomic E-state index is 12.0. The summed E-state index contributed by atoms with van der Waals surface area (Å²) in [6.45, 7) is 3.83. The van der Waals surface area contributed by atoms with E-state index in [0.717, 1.165) is 16.1 Å².